The van der Waals surface area contributed by atoms with Crippen LogP contribution in [0.3, 0.4) is 0 Å². The van der Waals surface area contributed by atoms with E-state index in [0.717, 1.165) is 5.65 Å². The Balaban J connectivity index is 1.52. The van der Waals surface area contributed by atoms with Crippen molar-refractivity contribution < 1.29 is 14.6 Å². The van der Waals surface area contributed by atoms with Gasteiger partial charge in [0.1, 0.15) is 11.9 Å². The van der Waals surface area contributed by atoms with Crippen molar-refractivity contribution in [3.8, 4) is 5.82 Å². The Morgan fingerprint density at radius 1 is 1.32 bits per heavy atom. The number of carbonyl (C=O) groups is 1. The highest BCUT2D eigenvalue weighted by atomic mass is 16.6. The number of ether oxygens (including phenoxy) is 1. The number of carbonyl (C=O) groups excluding carboxylic acids is 1. The minimum atomic E-state index is -0.671. The molecule has 3 aromatic rings. The lowest BCUT2D eigenvalue weighted by molar-refractivity contribution is 0.0461. The van der Waals surface area contributed by atoms with Crippen molar-refractivity contribution in [1.29, 1.82) is 0 Å². The lowest BCUT2D eigenvalue weighted by atomic mass is 10.2. The second kappa shape index (κ2) is 6.59. The van der Waals surface area contributed by atoms with Gasteiger partial charge in [0, 0.05) is 24.9 Å². The maximum Gasteiger partial charge on any atom is 0.408 e. The maximum absolute atomic E-state index is 12.1. The van der Waals surface area contributed by atoms with E-state index < -0.39 is 17.2 Å². The number of alkyl carbamates (subject to hydrolysis) is 1. The second-order valence-electron chi connectivity index (χ2n) is 8.20. The van der Waals surface area contributed by atoms with Gasteiger partial charge in [-0.2, -0.15) is 0 Å². The Morgan fingerprint density at radius 2 is 2.07 bits per heavy atom. The van der Waals surface area contributed by atoms with Gasteiger partial charge in [0.15, 0.2) is 17.0 Å². The number of hydrogen-bond donors (Lipinski definition) is 2. The zero-order valence-electron chi connectivity index (χ0n) is 16.2. The summed E-state index contributed by atoms with van der Waals surface area (Å²) in [6.45, 7) is 5.86. The Kier molecular flexibility index (Phi) is 4.34. The molecular weight excluding hydrogens is 360 g/mol. The number of amides is 1. The first-order valence-corrected chi connectivity index (χ1v) is 9.22. The highest BCUT2D eigenvalue weighted by Crippen LogP contribution is 2.44. The van der Waals surface area contributed by atoms with Crippen molar-refractivity contribution in [2.75, 3.05) is 6.61 Å². The van der Waals surface area contributed by atoms with E-state index in [1.807, 2.05) is 54.4 Å². The molecule has 28 heavy (non-hydrogen) atoms. The first-order valence-electron chi connectivity index (χ1n) is 9.22. The molecule has 148 valence electrons. The molecule has 1 saturated carbocycles. The number of hydrogen-bond acceptors (Lipinski definition) is 6. The number of fused-ring (bicyclic) bond motifs is 1. The molecule has 0 saturated heterocycles. The topological polar surface area (TPSA) is 107 Å². The Bertz CT molecular complexity index is 991. The van der Waals surface area contributed by atoms with E-state index >= 15 is 0 Å². The van der Waals surface area contributed by atoms with Gasteiger partial charge in [0.05, 0.1) is 18.5 Å². The molecule has 0 radical (unpaired) electrons. The molecule has 0 aliphatic heterocycles. The van der Waals surface area contributed by atoms with Crippen LogP contribution in [0.25, 0.3) is 17.0 Å². The average molecular weight is 384 g/mol. The fourth-order valence-corrected chi connectivity index (χ4v) is 3.42. The van der Waals surface area contributed by atoms with Crippen LogP contribution in [-0.2, 0) is 11.3 Å². The molecule has 2 N–H and O–H groups in total. The SMILES string of the molecule is CC(C)(C)OC(=O)N[C@@]1(CO)C[C@H]1Cn1cnc2c(-n3cccc3)ncnc21. The molecule has 0 aromatic carbocycles. The van der Waals surface area contributed by atoms with Crippen LogP contribution in [0.4, 0.5) is 4.79 Å². The summed E-state index contributed by atoms with van der Waals surface area (Å²) in [4.78, 5) is 25.3. The summed E-state index contributed by atoms with van der Waals surface area (Å²) < 4.78 is 9.15. The Labute approximate surface area is 162 Å². The number of aliphatic hydroxyl groups is 1. The van der Waals surface area contributed by atoms with E-state index in [1.165, 1.54) is 6.33 Å². The third-order valence-electron chi connectivity index (χ3n) is 4.91. The van der Waals surface area contributed by atoms with Crippen molar-refractivity contribution in [1.82, 2.24) is 29.4 Å². The van der Waals surface area contributed by atoms with E-state index in [9.17, 15) is 9.90 Å². The molecule has 9 nitrogen and oxygen atoms in total. The minimum Gasteiger partial charge on any atom is -0.444 e. The summed E-state index contributed by atoms with van der Waals surface area (Å²) in [5.74, 6) is 0.775. The predicted octanol–water partition coefficient (Wildman–Crippen LogP) is 1.89. The van der Waals surface area contributed by atoms with Gasteiger partial charge >= 0.3 is 6.09 Å². The lowest BCUT2D eigenvalue weighted by Gasteiger charge is -2.23. The third-order valence-corrected chi connectivity index (χ3v) is 4.91. The molecule has 0 spiro atoms. The molecule has 9 heteroatoms. The lowest BCUT2D eigenvalue weighted by Crippen LogP contribution is -2.44. The molecule has 0 unspecified atom stereocenters. The van der Waals surface area contributed by atoms with Crippen LogP contribution in [0.2, 0.25) is 0 Å². The van der Waals surface area contributed by atoms with Crippen molar-refractivity contribution in [2.24, 2.45) is 5.92 Å². The van der Waals surface area contributed by atoms with Crippen molar-refractivity contribution in [3.05, 3.63) is 37.2 Å². The number of rotatable bonds is 5. The molecule has 3 heterocycles. The van der Waals surface area contributed by atoms with Crippen molar-refractivity contribution in [2.45, 2.75) is 44.9 Å². The van der Waals surface area contributed by atoms with E-state index in [0.29, 0.717) is 24.3 Å². The van der Waals surface area contributed by atoms with Gasteiger partial charge in [0.2, 0.25) is 0 Å². The van der Waals surface area contributed by atoms with Crippen LogP contribution in [0.1, 0.15) is 27.2 Å². The molecule has 3 aromatic heterocycles. The molecule has 1 fully saturated rings. The molecule has 1 aliphatic rings. The fraction of sp³-hybridized carbons (Fsp3) is 0.474. The summed E-state index contributed by atoms with van der Waals surface area (Å²) in [6.07, 6.45) is 7.20. The summed E-state index contributed by atoms with van der Waals surface area (Å²) in [7, 11) is 0. The molecule has 4 rings (SSSR count). The number of nitrogens with one attached hydrogen (secondary N) is 1. The number of imidazole rings is 1. The fourth-order valence-electron chi connectivity index (χ4n) is 3.42. The van der Waals surface area contributed by atoms with Gasteiger partial charge in [-0.25, -0.2) is 19.7 Å². The zero-order chi connectivity index (χ0) is 19.9. The largest absolute Gasteiger partial charge is 0.444 e. The van der Waals surface area contributed by atoms with Crippen LogP contribution in [0.15, 0.2) is 37.2 Å². The van der Waals surface area contributed by atoms with Gasteiger partial charge in [-0.05, 0) is 39.3 Å². The van der Waals surface area contributed by atoms with E-state index in [-0.39, 0.29) is 12.5 Å². The maximum atomic E-state index is 12.1. The summed E-state index contributed by atoms with van der Waals surface area (Å²) in [6, 6.07) is 3.85. The van der Waals surface area contributed by atoms with Crippen LogP contribution in [0.5, 0.6) is 0 Å². The minimum absolute atomic E-state index is 0.0624. The molecule has 2 atom stereocenters. The quantitative estimate of drug-likeness (QED) is 0.696. The standard InChI is InChI=1S/C19H24N6O3/c1-18(2,3)28-17(27)23-19(10-26)8-13(19)9-25-12-22-14-15(20-11-21-16(14)25)24-6-4-5-7-24/h4-7,11-13,26H,8-10H2,1-3H3,(H,23,27)/t13-,19+/m0/s1. The van der Waals surface area contributed by atoms with Crippen LogP contribution < -0.4 is 5.32 Å². The number of aliphatic hydroxyl groups excluding tert-OH is 1. The summed E-state index contributed by atoms with van der Waals surface area (Å²) in [5.41, 5.74) is 0.163. The normalized spacial score (nSPS) is 21.6. The molecule has 1 aliphatic carbocycles. The van der Waals surface area contributed by atoms with Gasteiger partial charge in [-0.15, -0.1) is 0 Å². The van der Waals surface area contributed by atoms with E-state index in [2.05, 4.69) is 20.3 Å². The monoisotopic (exact) mass is 384 g/mol. The predicted molar refractivity (Wildman–Crippen MR) is 102 cm³/mol. The van der Waals surface area contributed by atoms with E-state index in [1.54, 1.807) is 6.33 Å². The average Bonchev–Trinajstić information content (AvgIpc) is 3.01. The highest BCUT2D eigenvalue weighted by Gasteiger charge is 2.55. The first-order chi connectivity index (χ1) is 13.3. The smallest absolute Gasteiger partial charge is 0.408 e. The summed E-state index contributed by atoms with van der Waals surface area (Å²) >= 11 is 0. The Morgan fingerprint density at radius 3 is 2.75 bits per heavy atom. The van der Waals surface area contributed by atoms with Crippen molar-refractivity contribution >= 4 is 17.3 Å². The summed E-state index contributed by atoms with van der Waals surface area (Å²) in [5, 5.41) is 12.7. The van der Waals surface area contributed by atoms with Crippen LogP contribution in [0, 0.1) is 5.92 Å². The van der Waals surface area contributed by atoms with E-state index in [4.69, 9.17) is 4.74 Å². The zero-order valence-corrected chi connectivity index (χ0v) is 16.2. The highest BCUT2D eigenvalue weighted by molar-refractivity contribution is 5.78. The second-order valence-corrected chi connectivity index (χ2v) is 8.20. The molecule has 1 amide bonds. The molecular formula is C19H24N6O3. The Hall–Kier alpha value is -2.94. The van der Waals surface area contributed by atoms with Gasteiger partial charge in [0.25, 0.3) is 0 Å². The number of aromatic nitrogens is 5. The number of nitrogens with zero attached hydrogens (tertiary/aromatic N) is 5. The van der Waals surface area contributed by atoms with Gasteiger partial charge < -0.3 is 24.3 Å². The van der Waals surface area contributed by atoms with Crippen LogP contribution >= 0.6 is 0 Å². The third kappa shape index (κ3) is 3.45. The van der Waals surface area contributed by atoms with Crippen molar-refractivity contribution in [3.63, 3.8) is 0 Å². The van der Waals surface area contributed by atoms with Gasteiger partial charge in [-0.3, -0.25) is 0 Å². The molecule has 0 bridgehead atoms. The van der Waals surface area contributed by atoms with Crippen LogP contribution in [-0.4, -0.2) is 53.0 Å². The van der Waals surface area contributed by atoms with Gasteiger partial charge in [-0.1, -0.05) is 0 Å². The first kappa shape index (κ1) is 18.4.